The summed E-state index contributed by atoms with van der Waals surface area (Å²) in [7, 11) is 0. The van der Waals surface area contributed by atoms with E-state index in [4.69, 9.17) is 18.9 Å². The van der Waals surface area contributed by atoms with Crippen molar-refractivity contribution in [3.63, 3.8) is 0 Å². The van der Waals surface area contributed by atoms with Crippen LogP contribution < -0.4 is 0 Å². The van der Waals surface area contributed by atoms with E-state index >= 15 is 0 Å². The summed E-state index contributed by atoms with van der Waals surface area (Å²) in [5, 5.41) is 120. The molecule has 12 atom stereocenters. The molecule has 1 aliphatic carbocycles. The normalized spacial score (nSPS) is 52.1. The smallest absolute Gasteiger partial charge is 0.341 e. The van der Waals surface area contributed by atoms with Crippen LogP contribution >= 0.6 is 0 Å². The number of hydrogen-bond donors (Lipinski definition) is 12. The molecule has 210 valence electrons. The Morgan fingerprint density at radius 2 is 1.42 bits per heavy atom. The molecule has 0 aromatic heterocycles. The van der Waals surface area contributed by atoms with E-state index in [1.807, 2.05) is 0 Å². The molecule has 0 unspecified atom stereocenters. The van der Waals surface area contributed by atoms with Gasteiger partial charge in [-0.1, -0.05) is 0 Å². The summed E-state index contributed by atoms with van der Waals surface area (Å²) in [6, 6.07) is 0. The summed E-state index contributed by atoms with van der Waals surface area (Å²) >= 11 is 0. The summed E-state index contributed by atoms with van der Waals surface area (Å²) in [6.45, 7) is -2.27. The van der Waals surface area contributed by atoms with Gasteiger partial charge in [-0.2, -0.15) is 0 Å². The Kier molecular flexibility index (Phi) is 8.93. The van der Waals surface area contributed by atoms with Crippen molar-refractivity contribution < 1.29 is 85.0 Å². The van der Waals surface area contributed by atoms with Crippen LogP contribution in [0.25, 0.3) is 0 Å². The first kappa shape index (κ1) is 29.4. The molecule has 2 heterocycles. The zero-order chi connectivity index (χ0) is 27.2. The standard InChI is InChI=1S/C19H32O17/c20-3-7-13(9(25)11(27)15(30)33-7)34-16-12(28)10(26)14(29)19(4-21,35-16)36-17(31)18(32)1-5(22)8(24)6(23)2-18/h5-16,20-30,32H,1-4H2/t5-,6-,7-,8?,9-,10+,11-,12-,13-,14-,15-,16+,18?,19-/m1/s1. The Morgan fingerprint density at radius 3 is 1.94 bits per heavy atom. The maximum atomic E-state index is 12.8. The van der Waals surface area contributed by atoms with Crippen molar-refractivity contribution >= 4 is 5.97 Å². The van der Waals surface area contributed by atoms with Gasteiger partial charge in [0.15, 0.2) is 24.3 Å². The highest BCUT2D eigenvalue weighted by atomic mass is 16.8. The molecule has 17 nitrogen and oxygen atoms in total. The first-order chi connectivity index (χ1) is 16.7. The molecule has 0 radical (unpaired) electrons. The number of aliphatic hydroxyl groups excluding tert-OH is 11. The molecule has 36 heavy (non-hydrogen) atoms. The molecule has 0 spiro atoms. The third-order valence-corrected chi connectivity index (χ3v) is 6.60. The van der Waals surface area contributed by atoms with Crippen molar-refractivity contribution in [2.24, 2.45) is 0 Å². The second kappa shape index (κ2) is 10.9. The van der Waals surface area contributed by atoms with E-state index < -0.39 is 117 Å². The number of carbonyl (C=O) groups is 1. The fraction of sp³-hybridized carbons (Fsp3) is 0.947. The second-order valence-corrected chi connectivity index (χ2v) is 9.17. The molecule has 3 rings (SSSR count). The van der Waals surface area contributed by atoms with Crippen LogP contribution in [0, 0.1) is 0 Å². The largest absolute Gasteiger partial charge is 0.425 e. The van der Waals surface area contributed by atoms with Gasteiger partial charge in [0.05, 0.1) is 18.8 Å². The molecule has 0 bridgehead atoms. The van der Waals surface area contributed by atoms with Crippen LogP contribution in [-0.2, 0) is 23.7 Å². The van der Waals surface area contributed by atoms with Gasteiger partial charge in [-0.3, -0.25) is 0 Å². The molecule has 2 aliphatic heterocycles. The van der Waals surface area contributed by atoms with Gasteiger partial charge in [0.1, 0.15) is 49.3 Å². The molecular weight excluding hydrogens is 500 g/mol. The average molecular weight is 532 g/mol. The minimum Gasteiger partial charge on any atom is -0.425 e. The van der Waals surface area contributed by atoms with Gasteiger partial charge in [-0.25, -0.2) is 4.79 Å². The molecule has 1 saturated carbocycles. The Morgan fingerprint density at radius 1 is 0.833 bits per heavy atom. The third-order valence-electron chi connectivity index (χ3n) is 6.60. The number of hydrogen-bond acceptors (Lipinski definition) is 17. The maximum absolute atomic E-state index is 12.8. The summed E-state index contributed by atoms with van der Waals surface area (Å²) < 4.78 is 20.5. The van der Waals surface area contributed by atoms with E-state index in [2.05, 4.69) is 0 Å². The predicted molar refractivity (Wildman–Crippen MR) is 106 cm³/mol. The molecule has 17 heteroatoms. The van der Waals surface area contributed by atoms with Gasteiger partial charge in [-0.05, 0) is 0 Å². The van der Waals surface area contributed by atoms with Crippen LogP contribution in [0.5, 0.6) is 0 Å². The van der Waals surface area contributed by atoms with Gasteiger partial charge < -0.3 is 80.2 Å². The summed E-state index contributed by atoms with van der Waals surface area (Å²) in [5.74, 6) is -4.58. The third kappa shape index (κ3) is 5.23. The highest BCUT2D eigenvalue weighted by Crippen LogP contribution is 2.37. The molecule has 2 saturated heterocycles. The van der Waals surface area contributed by atoms with Crippen LogP contribution in [0.3, 0.4) is 0 Å². The highest BCUT2D eigenvalue weighted by Gasteiger charge is 2.60. The topological polar surface area (TPSA) is 297 Å². The van der Waals surface area contributed by atoms with E-state index in [0.717, 1.165) is 0 Å². The lowest BCUT2D eigenvalue weighted by atomic mass is 9.79. The molecule has 0 amide bonds. The van der Waals surface area contributed by atoms with Crippen LogP contribution in [0.15, 0.2) is 0 Å². The van der Waals surface area contributed by atoms with E-state index in [1.165, 1.54) is 0 Å². The van der Waals surface area contributed by atoms with Crippen molar-refractivity contribution in [3.05, 3.63) is 0 Å². The van der Waals surface area contributed by atoms with Crippen molar-refractivity contribution in [1.29, 1.82) is 0 Å². The van der Waals surface area contributed by atoms with Crippen LogP contribution in [0.2, 0.25) is 0 Å². The Bertz CT molecular complexity index is 754. The van der Waals surface area contributed by atoms with Gasteiger partial charge in [0, 0.05) is 12.8 Å². The number of ether oxygens (including phenoxy) is 4. The lowest BCUT2D eigenvalue weighted by Gasteiger charge is -2.49. The van der Waals surface area contributed by atoms with Crippen LogP contribution in [-0.4, -0.2) is 165 Å². The molecule has 12 N–H and O–H groups in total. The minimum atomic E-state index is -2.92. The lowest BCUT2D eigenvalue weighted by molar-refractivity contribution is -0.417. The first-order valence-corrected chi connectivity index (χ1v) is 11.0. The molecule has 0 aromatic carbocycles. The van der Waals surface area contributed by atoms with Gasteiger partial charge in [0.2, 0.25) is 0 Å². The predicted octanol–water partition coefficient (Wildman–Crippen LogP) is -7.92. The SMILES string of the molecule is O=C(O[C@@]1(CO)O[C@H](O[C@H]2[C@H](O)[C@@H](O)[C@H](O)O[C@@H]2CO)[C@H](O)[C@H](O)[C@H]1O)C1(O)C[C@@H](O)C(O)[C@H](O)C1. The van der Waals surface area contributed by atoms with Crippen molar-refractivity contribution in [3.8, 4) is 0 Å². The van der Waals surface area contributed by atoms with Crippen LogP contribution in [0.1, 0.15) is 12.8 Å². The lowest BCUT2D eigenvalue weighted by Crippen LogP contribution is -2.70. The van der Waals surface area contributed by atoms with Crippen molar-refractivity contribution in [2.45, 2.75) is 97.8 Å². The van der Waals surface area contributed by atoms with Crippen molar-refractivity contribution in [2.75, 3.05) is 13.2 Å². The molecule has 0 aromatic rings. The van der Waals surface area contributed by atoms with Gasteiger partial charge in [0.25, 0.3) is 5.79 Å². The quantitative estimate of drug-likeness (QED) is 0.141. The van der Waals surface area contributed by atoms with E-state index in [1.54, 1.807) is 0 Å². The number of esters is 1. The van der Waals surface area contributed by atoms with E-state index in [0.29, 0.717) is 0 Å². The van der Waals surface area contributed by atoms with Gasteiger partial charge >= 0.3 is 5.97 Å². The fourth-order valence-electron chi connectivity index (χ4n) is 4.38. The molecule has 3 fully saturated rings. The Hall–Kier alpha value is -1.13. The van der Waals surface area contributed by atoms with Gasteiger partial charge in [-0.15, -0.1) is 0 Å². The second-order valence-electron chi connectivity index (χ2n) is 9.17. The molecular formula is C19H32O17. The highest BCUT2D eigenvalue weighted by molar-refractivity contribution is 5.80. The zero-order valence-electron chi connectivity index (χ0n) is 18.7. The average Bonchev–Trinajstić information content (AvgIpc) is 2.83. The first-order valence-electron chi connectivity index (χ1n) is 11.0. The molecule has 3 aliphatic rings. The summed E-state index contributed by atoms with van der Waals surface area (Å²) in [4.78, 5) is 12.8. The van der Waals surface area contributed by atoms with E-state index in [9.17, 15) is 66.1 Å². The monoisotopic (exact) mass is 532 g/mol. The number of rotatable bonds is 6. The maximum Gasteiger partial charge on any atom is 0.341 e. The minimum absolute atomic E-state index is 0.823. The summed E-state index contributed by atoms with van der Waals surface area (Å²) in [6.07, 6.45) is -24.7. The fourth-order valence-corrected chi connectivity index (χ4v) is 4.38. The van der Waals surface area contributed by atoms with Crippen LogP contribution in [0.4, 0.5) is 0 Å². The number of aliphatic hydroxyl groups is 12. The zero-order valence-corrected chi connectivity index (χ0v) is 18.7. The Labute approximate surface area is 202 Å². The summed E-state index contributed by atoms with van der Waals surface area (Å²) in [5.41, 5.74) is -2.64. The Balaban J connectivity index is 1.84. The van der Waals surface area contributed by atoms with Crippen molar-refractivity contribution in [1.82, 2.24) is 0 Å². The number of carbonyl (C=O) groups excluding carboxylic acids is 1. The van der Waals surface area contributed by atoms with E-state index in [-0.39, 0.29) is 0 Å².